The molecule has 1 heterocycles. The maximum absolute atomic E-state index is 13.0. The Hall–Kier alpha value is -2.19. The summed E-state index contributed by atoms with van der Waals surface area (Å²) in [5, 5.41) is 2.63. The summed E-state index contributed by atoms with van der Waals surface area (Å²) < 4.78 is 13.9. The van der Waals surface area contributed by atoms with E-state index in [0.717, 1.165) is 4.47 Å². The maximum Gasteiger partial charge on any atom is 0.238 e. The molecule has 2 aromatic rings. The van der Waals surface area contributed by atoms with E-state index in [1.807, 2.05) is 12.1 Å². The molecule has 0 bridgehead atoms. The number of halogens is 2. The van der Waals surface area contributed by atoms with E-state index in [4.69, 9.17) is 0 Å². The fraction of sp³-hybridized carbons (Fsp3) is 0.167. The number of benzene rings is 2. The fourth-order valence-corrected chi connectivity index (χ4v) is 3.78. The van der Waals surface area contributed by atoms with Gasteiger partial charge in [0.05, 0.1) is 5.69 Å². The van der Waals surface area contributed by atoms with Crippen LogP contribution in [0.5, 0.6) is 0 Å². The van der Waals surface area contributed by atoms with E-state index in [-0.39, 0.29) is 24.1 Å². The van der Waals surface area contributed by atoms with Crippen molar-refractivity contribution in [3.05, 3.63) is 58.8 Å². The van der Waals surface area contributed by atoms with Crippen molar-refractivity contribution in [2.75, 3.05) is 12.4 Å². The number of hydrogen-bond acceptors (Lipinski definition) is 4. The van der Waals surface area contributed by atoms with Gasteiger partial charge in [0.1, 0.15) is 11.1 Å². The summed E-state index contributed by atoms with van der Waals surface area (Å²) in [4.78, 5) is 30.6. The topological polar surface area (TPSA) is 61.8 Å². The molecule has 0 aliphatic carbocycles. The number of amides is 2. The van der Waals surface area contributed by atoms with E-state index in [1.165, 1.54) is 40.9 Å². The Morgan fingerprint density at radius 1 is 1.31 bits per heavy atom. The van der Waals surface area contributed by atoms with Crippen molar-refractivity contribution < 1.29 is 14.0 Å². The first-order valence-corrected chi connectivity index (χ1v) is 9.43. The molecule has 0 saturated carbocycles. The van der Waals surface area contributed by atoms with Crippen LogP contribution in [0.3, 0.4) is 0 Å². The first-order valence-electron chi connectivity index (χ1n) is 7.76. The highest BCUT2D eigenvalue weighted by Crippen LogP contribution is 2.29. The van der Waals surface area contributed by atoms with Crippen molar-refractivity contribution in [2.45, 2.75) is 11.7 Å². The van der Waals surface area contributed by atoms with Gasteiger partial charge in [-0.1, -0.05) is 33.8 Å². The molecule has 1 aliphatic heterocycles. The minimum atomic E-state index is -0.586. The van der Waals surface area contributed by atoms with Crippen LogP contribution in [-0.2, 0) is 9.59 Å². The second-order valence-electron chi connectivity index (χ2n) is 5.63. The van der Waals surface area contributed by atoms with Crippen molar-refractivity contribution in [2.24, 2.45) is 4.99 Å². The number of amidine groups is 1. The van der Waals surface area contributed by atoms with Crippen molar-refractivity contribution in [3.8, 4) is 0 Å². The standard InChI is InChI=1S/C18H15BrFN3O2S/c1-23-16(24)10-15(17(25)21-14-4-2-3-11(19)9-14)26-18(23)22-13-7-5-12(20)6-8-13/h2-9,15H,10H2,1H3,(H,21,25). The van der Waals surface area contributed by atoms with Crippen LogP contribution >= 0.6 is 27.7 Å². The van der Waals surface area contributed by atoms with Crippen LogP contribution in [0.15, 0.2) is 58.0 Å². The molecule has 0 radical (unpaired) electrons. The molecule has 1 atom stereocenters. The molecule has 1 fully saturated rings. The lowest BCUT2D eigenvalue weighted by molar-refractivity contribution is -0.128. The van der Waals surface area contributed by atoms with Gasteiger partial charge in [0.25, 0.3) is 0 Å². The lowest BCUT2D eigenvalue weighted by atomic mass is 10.2. The van der Waals surface area contributed by atoms with Crippen LogP contribution in [-0.4, -0.2) is 34.2 Å². The molecule has 3 rings (SSSR count). The number of aliphatic imine (C=N–C) groups is 1. The second kappa shape index (κ2) is 8.01. The van der Waals surface area contributed by atoms with E-state index in [9.17, 15) is 14.0 Å². The lowest BCUT2D eigenvalue weighted by Crippen LogP contribution is -2.43. The molecule has 0 aromatic heterocycles. The van der Waals surface area contributed by atoms with Gasteiger partial charge in [-0.3, -0.25) is 14.5 Å². The summed E-state index contributed by atoms with van der Waals surface area (Å²) in [5.74, 6) is -0.818. The summed E-state index contributed by atoms with van der Waals surface area (Å²) in [7, 11) is 1.61. The Morgan fingerprint density at radius 2 is 2.04 bits per heavy atom. The van der Waals surface area contributed by atoms with Crippen LogP contribution < -0.4 is 5.32 Å². The molecule has 8 heteroatoms. The predicted octanol–water partition coefficient (Wildman–Crippen LogP) is 4.18. The average molecular weight is 436 g/mol. The highest BCUT2D eigenvalue weighted by molar-refractivity contribution is 9.10. The first kappa shape index (κ1) is 18.6. The molecule has 2 amide bonds. The largest absolute Gasteiger partial charge is 0.325 e. The Morgan fingerprint density at radius 3 is 2.73 bits per heavy atom. The van der Waals surface area contributed by atoms with Gasteiger partial charge < -0.3 is 5.32 Å². The molecule has 2 aromatic carbocycles. The van der Waals surface area contributed by atoms with Crippen LogP contribution in [0.2, 0.25) is 0 Å². The molecule has 26 heavy (non-hydrogen) atoms. The van der Waals surface area contributed by atoms with Gasteiger partial charge >= 0.3 is 0 Å². The zero-order valence-corrected chi connectivity index (χ0v) is 16.2. The van der Waals surface area contributed by atoms with Crippen molar-refractivity contribution >= 4 is 56.0 Å². The van der Waals surface area contributed by atoms with E-state index in [1.54, 1.807) is 19.2 Å². The molecule has 1 saturated heterocycles. The van der Waals surface area contributed by atoms with Gasteiger partial charge in [0, 0.05) is 23.6 Å². The van der Waals surface area contributed by atoms with Gasteiger partial charge in [-0.2, -0.15) is 0 Å². The number of thioether (sulfide) groups is 1. The summed E-state index contributed by atoms with van der Waals surface area (Å²) in [6.07, 6.45) is 0.0867. The minimum Gasteiger partial charge on any atom is -0.325 e. The van der Waals surface area contributed by atoms with E-state index in [2.05, 4.69) is 26.2 Å². The van der Waals surface area contributed by atoms with Gasteiger partial charge in [0.2, 0.25) is 11.8 Å². The Kier molecular flexibility index (Phi) is 5.73. The number of rotatable bonds is 3. The average Bonchev–Trinajstić information content (AvgIpc) is 2.60. The zero-order chi connectivity index (χ0) is 18.7. The van der Waals surface area contributed by atoms with Crippen molar-refractivity contribution in [1.29, 1.82) is 0 Å². The maximum atomic E-state index is 13.0. The molecule has 1 unspecified atom stereocenters. The number of hydrogen-bond donors (Lipinski definition) is 1. The number of anilines is 1. The SMILES string of the molecule is CN1C(=O)CC(C(=O)Nc2cccc(Br)c2)SC1=Nc1ccc(F)cc1. The highest BCUT2D eigenvalue weighted by Gasteiger charge is 2.34. The summed E-state index contributed by atoms with van der Waals surface area (Å²) in [6.45, 7) is 0. The van der Waals surface area contributed by atoms with Crippen molar-refractivity contribution in [3.63, 3.8) is 0 Å². The molecule has 1 N–H and O–H groups in total. The van der Waals surface area contributed by atoms with E-state index < -0.39 is 5.25 Å². The van der Waals surface area contributed by atoms with Gasteiger partial charge in [-0.05, 0) is 42.5 Å². The van der Waals surface area contributed by atoms with Crippen LogP contribution in [0, 0.1) is 5.82 Å². The predicted molar refractivity (Wildman–Crippen MR) is 105 cm³/mol. The number of carbonyl (C=O) groups is 2. The van der Waals surface area contributed by atoms with Crippen LogP contribution in [0.1, 0.15) is 6.42 Å². The fourth-order valence-electron chi connectivity index (χ4n) is 2.31. The summed E-state index contributed by atoms with van der Waals surface area (Å²) in [6, 6.07) is 12.9. The third-order valence-electron chi connectivity index (χ3n) is 3.70. The lowest BCUT2D eigenvalue weighted by Gasteiger charge is -2.28. The quantitative estimate of drug-likeness (QED) is 0.786. The summed E-state index contributed by atoms with van der Waals surface area (Å²) >= 11 is 4.57. The van der Waals surface area contributed by atoms with E-state index in [0.29, 0.717) is 16.5 Å². The molecule has 134 valence electrons. The molecular weight excluding hydrogens is 421 g/mol. The minimum absolute atomic E-state index is 0.0867. The van der Waals surface area contributed by atoms with E-state index >= 15 is 0 Å². The summed E-state index contributed by atoms with van der Waals surface area (Å²) in [5.41, 5.74) is 1.16. The van der Waals surface area contributed by atoms with Crippen LogP contribution in [0.4, 0.5) is 15.8 Å². The van der Waals surface area contributed by atoms with Gasteiger partial charge in [-0.25, -0.2) is 9.38 Å². The normalized spacial score (nSPS) is 18.9. The Labute approximate surface area is 162 Å². The number of nitrogens with one attached hydrogen (secondary N) is 1. The smallest absolute Gasteiger partial charge is 0.238 e. The number of carbonyl (C=O) groups excluding carboxylic acids is 2. The Balaban J connectivity index is 1.77. The third-order valence-corrected chi connectivity index (χ3v) is 5.44. The number of nitrogens with zero attached hydrogens (tertiary/aromatic N) is 2. The molecular formula is C18H15BrFN3O2S. The zero-order valence-electron chi connectivity index (χ0n) is 13.8. The van der Waals surface area contributed by atoms with Gasteiger partial charge in [-0.15, -0.1) is 0 Å². The van der Waals surface area contributed by atoms with Crippen molar-refractivity contribution in [1.82, 2.24) is 4.90 Å². The third kappa shape index (κ3) is 4.50. The van der Waals surface area contributed by atoms with Crippen LogP contribution in [0.25, 0.3) is 0 Å². The highest BCUT2D eigenvalue weighted by atomic mass is 79.9. The Bertz CT molecular complexity index is 873. The second-order valence-corrected chi connectivity index (χ2v) is 7.72. The monoisotopic (exact) mass is 435 g/mol. The van der Waals surface area contributed by atoms with Gasteiger partial charge in [0.15, 0.2) is 5.17 Å². The molecule has 5 nitrogen and oxygen atoms in total. The first-order chi connectivity index (χ1) is 12.4. The molecule has 0 spiro atoms. The molecule has 1 aliphatic rings.